The molecule has 19 heavy (non-hydrogen) atoms. The van der Waals surface area contributed by atoms with Crippen molar-refractivity contribution in [2.24, 2.45) is 0 Å². The van der Waals surface area contributed by atoms with Gasteiger partial charge in [0.1, 0.15) is 11.9 Å². The molecule has 1 atom stereocenters. The van der Waals surface area contributed by atoms with Crippen LogP contribution < -0.4 is 0 Å². The molecule has 1 heterocycles. The van der Waals surface area contributed by atoms with Crippen LogP contribution in [0, 0.1) is 5.82 Å². The number of hydrogen-bond donors (Lipinski definition) is 1. The third-order valence-corrected chi connectivity index (χ3v) is 4.78. The van der Waals surface area contributed by atoms with Gasteiger partial charge in [0.25, 0.3) is 0 Å². The summed E-state index contributed by atoms with van der Waals surface area (Å²) in [5.74, 6) is -0.667. The number of rotatable bonds is 2. The molecule has 0 bridgehead atoms. The molecule has 100 valence electrons. The van der Waals surface area contributed by atoms with Crippen LogP contribution in [0.5, 0.6) is 0 Å². The van der Waals surface area contributed by atoms with E-state index in [2.05, 4.69) is 52.8 Å². The summed E-state index contributed by atoms with van der Waals surface area (Å²) in [6.45, 7) is 0. The number of halogens is 5. The predicted molar refractivity (Wildman–Crippen MR) is 82.8 cm³/mol. The van der Waals surface area contributed by atoms with Crippen molar-refractivity contribution < 1.29 is 9.50 Å². The van der Waals surface area contributed by atoms with Gasteiger partial charge in [0.15, 0.2) is 0 Å². The van der Waals surface area contributed by atoms with E-state index >= 15 is 0 Å². The van der Waals surface area contributed by atoms with Crippen molar-refractivity contribution in [3.8, 4) is 0 Å². The zero-order valence-electron chi connectivity index (χ0n) is 9.17. The van der Waals surface area contributed by atoms with Gasteiger partial charge in [-0.05, 0) is 59.9 Å². The van der Waals surface area contributed by atoms with Crippen LogP contribution in [-0.2, 0) is 0 Å². The number of aliphatic hydroxyl groups excluding tert-OH is 1. The van der Waals surface area contributed by atoms with Crippen molar-refractivity contribution in [1.29, 1.82) is 0 Å². The smallest absolute Gasteiger partial charge is 0.149 e. The van der Waals surface area contributed by atoms with E-state index in [-0.39, 0.29) is 10.6 Å². The number of benzene rings is 1. The van der Waals surface area contributed by atoms with Gasteiger partial charge < -0.3 is 5.11 Å². The van der Waals surface area contributed by atoms with Crippen LogP contribution in [-0.4, -0.2) is 10.1 Å². The van der Waals surface area contributed by atoms with Gasteiger partial charge in [-0.1, -0.05) is 17.7 Å². The second-order valence-corrected chi connectivity index (χ2v) is 6.69. The van der Waals surface area contributed by atoms with Crippen molar-refractivity contribution in [1.82, 2.24) is 4.98 Å². The van der Waals surface area contributed by atoms with Crippen LogP contribution in [0.25, 0.3) is 0 Å². The van der Waals surface area contributed by atoms with Crippen LogP contribution in [0.1, 0.15) is 17.4 Å². The lowest BCUT2D eigenvalue weighted by atomic mass is 10.1. The molecular formula is C12H6Br3ClFNO. The lowest BCUT2D eigenvalue weighted by molar-refractivity contribution is 0.209. The van der Waals surface area contributed by atoms with Gasteiger partial charge in [0, 0.05) is 25.2 Å². The summed E-state index contributed by atoms with van der Waals surface area (Å²) in [6, 6.07) is 4.77. The Morgan fingerprint density at radius 3 is 2.53 bits per heavy atom. The first-order valence-electron chi connectivity index (χ1n) is 5.04. The zero-order valence-corrected chi connectivity index (χ0v) is 14.7. The minimum atomic E-state index is -1.20. The molecule has 0 saturated carbocycles. The monoisotopic (exact) mass is 471 g/mol. The Morgan fingerprint density at radius 2 is 1.89 bits per heavy atom. The maximum absolute atomic E-state index is 14.0. The summed E-state index contributed by atoms with van der Waals surface area (Å²) < 4.78 is 15.8. The van der Waals surface area contributed by atoms with Crippen molar-refractivity contribution in [3.63, 3.8) is 0 Å². The average molecular weight is 474 g/mol. The first-order chi connectivity index (χ1) is 8.91. The Balaban J connectivity index is 2.50. The third-order valence-electron chi connectivity index (χ3n) is 2.45. The maximum atomic E-state index is 14.0. The molecule has 2 nitrogen and oxygen atoms in total. The normalized spacial score (nSPS) is 12.5. The first-order valence-corrected chi connectivity index (χ1v) is 7.80. The SMILES string of the molecule is OC(c1ccc(Br)c(Cl)c1F)c1ncc(Br)cc1Br. The lowest BCUT2D eigenvalue weighted by Gasteiger charge is -2.14. The topological polar surface area (TPSA) is 33.1 Å². The Hall–Kier alpha value is -0.0100. The fourth-order valence-electron chi connectivity index (χ4n) is 1.53. The molecule has 0 saturated heterocycles. The summed E-state index contributed by atoms with van der Waals surface area (Å²) in [5, 5.41) is 10.2. The molecule has 1 N–H and O–H groups in total. The van der Waals surface area contributed by atoms with E-state index in [1.165, 1.54) is 12.3 Å². The molecule has 2 rings (SSSR count). The van der Waals surface area contributed by atoms with E-state index in [0.717, 1.165) is 4.47 Å². The molecule has 0 aliphatic heterocycles. The molecule has 0 aliphatic rings. The summed E-state index contributed by atoms with van der Waals surface area (Å²) in [5.41, 5.74) is 0.393. The van der Waals surface area contributed by atoms with E-state index < -0.39 is 11.9 Å². The Kier molecular flexibility index (Phi) is 5.00. The quantitative estimate of drug-likeness (QED) is 0.604. The van der Waals surface area contributed by atoms with Gasteiger partial charge in [0.2, 0.25) is 0 Å². The van der Waals surface area contributed by atoms with Crippen molar-refractivity contribution in [3.05, 3.63) is 59.9 Å². The minimum Gasteiger partial charge on any atom is -0.382 e. The van der Waals surface area contributed by atoms with E-state index in [0.29, 0.717) is 14.6 Å². The molecule has 0 amide bonds. The molecule has 0 radical (unpaired) electrons. The van der Waals surface area contributed by atoms with Gasteiger partial charge in [-0.3, -0.25) is 4.98 Å². The fraction of sp³-hybridized carbons (Fsp3) is 0.0833. The van der Waals surface area contributed by atoms with Crippen LogP contribution in [0.15, 0.2) is 37.8 Å². The van der Waals surface area contributed by atoms with E-state index in [1.54, 1.807) is 12.1 Å². The Morgan fingerprint density at radius 1 is 1.21 bits per heavy atom. The highest BCUT2D eigenvalue weighted by molar-refractivity contribution is 9.11. The maximum Gasteiger partial charge on any atom is 0.149 e. The standard InChI is InChI=1S/C12H6Br3ClFNO/c13-5-3-8(15)11(18-4-5)12(19)6-1-2-7(14)9(16)10(6)17/h1-4,12,19H. The molecule has 1 aromatic heterocycles. The zero-order chi connectivity index (χ0) is 14.2. The third kappa shape index (κ3) is 3.19. The molecule has 1 unspecified atom stereocenters. The molecular weight excluding hydrogens is 468 g/mol. The predicted octanol–water partition coefficient (Wildman–Crippen LogP) is 5.24. The number of pyridine rings is 1. The number of nitrogens with zero attached hydrogens (tertiary/aromatic N) is 1. The van der Waals surface area contributed by atoms with Gasteiger partial charge in [-0.15, -0.1) is 0 Å². The Bertz CT molecular complexity index is 639. The van der Waals surface area contributed by atoms with Gasteiger partial charge >= 0.3 is 0 Å². The fourth-order valence-corrected chi connectivity index (χ4v) is 3.21. The summed E-state index contributed by atoms with van der Waals surface area (Å²) in [7, 11) is 0. The molecule has 0 aliphatic carbocycles. The van der Waals surface area contributed by atoms with Crippen LogP contribution in [0.2, 0.25) is 5.02 Å². The molecule has 7 heteroatoms. The number of aromatic nitrogens is 1. The second-order valence-electron chi connectivity index (χ2n) is 3.69. The highest BCUT2D eigenvalue weighted by Gasteiger charge is 2.21. The molecule has 0 fully saturated rings. The van der Waals surface area contributed by atoms with Gasteiger partial charge in [-0.2, -0.15) is 0 Å². The largest absolute Gasteiger partial charge is 0.382 e. The van der Waals surface area contributed by atoms with Gasteiger partial charge in [0.05, 0.1) is 10.7 Å². The number of hydrogen-bond acceptors (Lipinski definition) is 2. The van der Waals surface area contributed by atoms with E-state index in [9.17, 15) is 9.50 Å². The first kappa shape index (κ1) is 15.4. The van der Waals surface area contributed by atoms with Gasteiger partial charge in [-0.25, -0.2) is 4.39 Å². The average Bonchev–Trinajstić information content (AvgIpc) is 2.35. The summed E-state index contributed by atoms with van der Waals surface area (Å²) in [4.78, 5) is 4.08. The minimum absolute atomic E-state index is 0.0650. The second kappa shape index (κ2) is 6.18. The van der Waals surface area contributed by atoms with Crippen LogP contribution in [0.4, 0.5) is 4.39 Å². The highest BCUT2D eigenvalue weighted by atomic mass is 79.9. The van der Waals surface area contributed by atoms with E-state index in [4.69, 9.17) is 11.6 Å². The van der Waals surface area contributed by atoms with E-state index in [1.807, 2.05) is 0 Å². The summed E-state index contributed by atoms with van der Waals surface area (Å²) in [6.07, 6.45) is 0.329. The summed E-state index contributed by atoms with van der Waals surface area (Å²) >= 11 is 15.5. The number of aliphatic hydroxyl groups is 1. The van der Waals surface area contributed by atoms with Crippen molar-refractivity contribution in [2.45, 2.75) is 6.10 Å². The lowest BCUT2D eigenvalue weighted by Crippen LogP contribution is -2.06. The highest BCUT2D eigenvalue weighted by Crippen LogP contribution is 2.34. The van der Waals surface area contributed by atoms with Crippen molar-refractivity contribution >= 4 is 59.4 Å². The van der Waals surface area contributed by atoms with Crippen molar-refractivity contribution in [2.75, 3.05) is 0 Å². The van der Waals surface area contributed by atoms with Crippen LogP contribution >= 0.6 is 59.4 Å². The molecule has 1 aromatic carbocycles. The van der Waals surface area contributed by atoms with Crippen LogP contribution in [0.3, 0.4) is 0 Å². The molecule has 2 aromatic rings. The Labute approximate surface area is 139 Å². The molecule has 0 spiro atoms.